The fourth-order valence-corrected chi connectivity index (χ4v) is 2.83. The number of fused-ring (bicyclic) bond motifs is 2. The fraction of sp³-hybridized carbons (Fsp3) is 0.158. The third-order valence-electron chi connectivity index (χ3n) is 3.94. The van der Waals surface area contributed by atoms with Crippen molar-refractivity contribution >= 4 is 11.9 Å². The quantitative estimate of drug-likeness (QED) is 0.801. The van der Waals surface area contributed by atoms with Crippen molar-refractivity contribution in [2.24, 2.45) is 0 Å². The largest absolute Gasteiger partial charge is 0.479 e. The number of ether oxygens (including phenoxy) is 4. The molecule has 6 heteroatoms. The maximum atomic E-state index is 12.6. The van der Waals surface area contributed by atoms with Crippen LogP contribution in [-0.2, 0) is 0 Å². The van der Waals surface area contributed by atoms with E-state index in [0.717, 1.165) is 11.1 Å². The molecule has 2 aliphatic rings. The van der Waals surface area contributed by atoms with Gasteiger partial charge in [0, 0.05) is 6.07 Å². The van der Waals surface area contributed by atoms with E-state index >= 15 is 0 Å². The van der Waals surface area contributed by atoms with Crippen LogP contribution in [0, 0.1) is 18.3 Å². The highest BCUT2D eigenvalue weighted by Crippen LogP contribution is 2.38. The Morgan fingerprint density at radius 3 is 2.88 bits per heavy atom. The number of Topliss-reactive ketones (excluding diaryl/α,β-unsaturated/α-hetero) is 1. The Morgan fingerprint density at radius 2 is 2.04 bits per heavy atom. The second-order valence-electron chi connectivity index (χ2n) is 5.61. The zero-order valence-corrected chi connectivity index (χ0v) is 13.4. The molecule has 0 unspecified atom stereocenters. The lowest BCUT2D eigenvalue weighted by atomic mass is 10.0. The number of carbonyl (C=O) groups is 1. The van der Waals surface area contributed by atoms with E-state index < -0.39 is 0 Å². The van der Waals surface area contributed by atoms with Gasteiger partial charge in [-0.2, -0.15) is 5.26 Å². The summed E-state index contributed by atoms with van der Waals surface area (Å²) in [6, 6.07) is 10.7. The standard InChI is InChI=1S/C19H13NO5/c1-11-6-13(22-5-4-20)9-16-18(11)19(21)17(25-16)8-12-2-3-14-15(7-12)24-10-23-14/h2-3,6-9H,5,10H2,1H3/b17-8-. The average Bonchev–Trinajstić information content (AvgIpc) is 3.18. The molecule has 0 spiro atoms. The van der Waals surface area contributed by atoms with Gasteiger partial charge in [0.15, 0.2) is 23.9 Å². The Kier molecular flexibility index (Phi) is 3.55. The smallest absolute Gasteiger partial charge is 0.232 e. The molecule has 2 heterocycles. The number of aryl methyl sites for hydroxylation is 1. The Balaban J connectivity index is 1.66. The van der Waals surface area contributed by atoms with E-state index in [4.69, 9.17) is 24.2 Å². The maximum absolute atomic E-state index is 12.6. The number of benzene rings is 2. The molecule has 0 radical (unpaired) electrons. The summed E-state index contributed by atoms with van der Waals surface area (Å²) in [6.07, 6.45) is 1.67. The van der Waals surface area contributed by atoms with Crippen molar-refractivity contribution < 1.29 is 23.7 Å². The minimum atomic E-state index is -0.183. The Labute approximate surface area is 143 Å². The third-order valence-corrected chi connectivity index (χ3v) is 3.94. The lowest BCUT2D eigenvalue weighted by Crippen LogP contribution is -2.00. The lowest BCUT2D eigenvalue weighted by molar-refractivity contribution is 0.101. The SMILES string of the molecule is Cc1cc(OCC#N)cc2c1C(=O)/C(=C/c1ccc3c(c1)OCO3)O2. The zero-order valence-electron chi connectivity index (χ0n) is 13.4. The summed E-state index contributed by atoms with van der Waals surface area (Å²) in [7, 11) is 0. The highest BCUT2D eigenvalue weighted by atomic mass is 16.7. The molecule has 4 rings (SSSR count). The van der Waals surface area contributed by atoms with Gasteiger partial charge in [-0.15, -0.1) is 0 Å². The van der Waals surface area contributed by atoms with E-state index in [9.17, 15) is 4.79 Å². The van der Waals surface area contributed by atoms with Gasteiger partial charge < -0.3 is 18.9 Å². The molecule has 2 aliphatic heterocycles. The summed E-state index contributed by atoms with van der Waals surface area (Å²) in [5.41, 5.74) is 2.03. The van der Waals surface area contributed by atoms with Crippen LogP contribution in [0.4, 0.5) is 0 Å². The summed E-state index contributed by atoms with van der Waals surface area (Å²) >= 11 is 0. The zero-order chi connectivity index (χ0) is 17.4. The fourth-order valence-electron chi connectivity index (χ4n) is 2.83. The third kappa shape index (κ3) is 2.66. The highest BCUT2D eigenvalue weighted by molar-refractivity contribution is 6.15. The second-order valence-corrected chi connectivity index (χ2v) is 5.61. The molecule has 0 bridgehead atoms. The summed E-state index contributed by atoms with van der Waals surface area (Å²) in [4.78, 5) is 12.6. The number of rotatable bonds is 3. The van der Waals surface area contributed by atoms with Gasteiger partial charge in [0.05, 0.1) is 5.56 Å². The number of nitriles is 1. The Bertz CT molecular complexity index is 955. The molecule has 0 saturated heterocycles. The van der Waals surface area contributed by atoms with Gasteiger partial charge in [0.1, 0.15) is 17.6 Å². The van der Waals surface area contributed by atoms with Crippen molar-refractivity contribution in [3.63, 3.8) is 0 Å². The molecule has 2 aromatic carbocycles. The van der Waals surface area contributed by atoms with Crippen LogP contribution in [0.1, 0.15) is 21.5 Å². The van der Waals surface area contributed by atoms with Crippen LogP contribution < -0.4 is 18.9 Å². The molecule has 0 saturated carbocycles. The van der Waals surface area contributed by atoms with E-state index in [-0.39, 0.29) is 24.9 Å². The molecule has 2 aromatic rings. The van der Waals surface area contributed by atoms with Gasteiger partial charge >= 0.3 is 0 Å². The summed E-state index contributed by atoms with van der Waals surface area (Å²) < 4.78 is 21.6. The van der Waals surface area contributed by atoms with Gasteiger partial charge in [0.25, 0.3) is 0 Å². The van der Waals surface area contributed by atoms with Gasteiger partial charge in [0.2, 0.25) is 12.6 Å². The maximum Gasteiger partial charge on any atom is 0.232 e. The average molecular weight is 335 g/mol. The molecule has 25 heavy (non-hydrogen) atoms. The topological polar surface area (TPSA) is 77.8 Å². The number of hydrogen-bond acceptors (Lipinski definition) is 6. The van der Waals surface area contributed by atoms with Crippen LogP contribution in [0.25, 0.3) is 6.08 Å². The first kappa shape index (κ1) is 15.1. The van der Waals surface area contributed by atoms with E-state index in [2.05, 4.69) is 0 Å². The van der Waals surface area contributed by atoms with Crippen LogP contribution in [0.2, 0.25) is 0 Å². The first-order valence-corrected chi connectivity index (χ1v) is 7.64. The number of allylic oxidation sites excluding steroid dienone is 1. The molecule has 6 nitrogen and oxygen atoms in total. The molecule has 0 aromatic heterocycles. The van der Waals surface area contributed by atoms with Gasteiger partial charge in [-0.05, 0) is 42.3 Å². The van der Waals surface area contributed by atoms with Crippen LogP contribution >= 0.6 is 0 Å². The van der Waals surface area contributed by atoms with Crippen LogP contribution in [0.3, 0.4) is 0 Å². The number of hydrogen-bond donors (Lipinski definition) is 0. The van der Waals surface area contributed by atoms with Crippen LogP contribution in [0.5, 0.6) is 23.0 Å². The number of ketones is 1. The summed E-state index contributed by atoms with van der Waals surface area (Å²) in [5.74, 6) is 2.30. The number of nitrogens with zero attached hydrogens (tertiary/aromatic N) is 1. The predicted octanol–water partition coefficient (Wildman–Crippen LogP) is 3.24. The molecule has 0 amide bonds. The minimum Gasteiger partial charge on any atom is -0.479 e. The Morgan fingerprint density at radius 1 is 1.20 bits per heavy atom. The first-order chi connectivity index (χ1) is 12.2. The molecule has 124 valence electrons. The van der Waals surface area contributed by atoms with Crippen molar-refractivity contribution in [2.45, 2.75) is 6.92 Å². The van der Waals surface area contributed by atoms with Crippen molar-refractivity contribution in [1.29, 1.82) is 5.26 Å². The molecule has 0 fully saturated rings. The van der Waals surface area contributed by atoms with Gasteiger partial charge in [-0.3, -0.25) is 4.79 Å². The lowest BCUT2D eigenvalue weighted by Gasteiger charge is -2.06. The van der Waals surface area contributed by atoms with E-state index in [1.54, 1.807) is 30.3 Å². The normalized spacial score (nSPS) is 15.7. The predicted molar refractivity (Wildman–Crippen MR) is 87.8 cm³/mol. The molecule has 0 aliphatic carbocycles. The van der Waals surface area contributed by atoms with E-state index in [1.807, 2.05) is 19.1 Å². The monoisotopic (exact) mass is 335 g/mol. The van der Waals surface area contributed by atoms with Crippen LogP contribution in [0.15, 0.2) is 36.1 Å². The molecular formula is C19H13NO5. The molecule has 0 N–H and O–H groups in total. The van der Waals surface area contributed by atoms with Crippen LogP contribution in [-0.4, -0.2) is 19.2 Å². The van der Waals surface area contributed by atoms with Crippen molar-refractivity contribution in [3.05, 3.63) is 52.8 Å². The van der Waals surface area contributed by atoms with Crippen molar-refractivity contribution in [2.75, 3.05) is 13.4 Å². The second kappa shape index (κ2) is 5.87. The number of carbonyl (C=O) groups excluding carboxylic acids is 1. The molecule has 0 atom stereocenters. The summed E-state index contributed by atoms with van der Waals surface area (Å²) in [6.45, 7) is 1.94. The van der Waals surface area contributed by atoms with Gasteiger partial charge in [-0.25, -0.2) is 0 Å². The highest BCUT2D eigenvalue weighted by Gasteiger charge is 2.30. The van der Waals surface area contributed by atoms with Crippen molar-refractivity contribution in [1.82, 2.24) is 0 Å². The first-order valence-electron chi connectivity index (χ1n) is 7.64. The minimum absolute atomic E-state index is 0.0634. The van der Waals surface area contributed by atoms with Crippen molar-refractivity contribution in [3.8, 4) is 29.1 Å². The van der Waals surface area contributed by atoms with E-state index in [1.165, 1.54) is 0 Å². The van der Waals surface area contributed by atoms with E-state index in [0.29, 0.717) is 28.6 Å². The molecular weight excluding hydrogens is 322 g/mol. The van der Waals surface area contributed by atoms with Gasteiger partial charge in [-0.1, -0.05) is 6.07 Å². The summed E-state index contributed by atoms with van der Waals surface area (Å²) in [5, 5.41) is 8.62. The Hall–Kier alpha value is -3.46.